The highest BCUT2D eigenvalue weighted by Gasteiger charge is 2.42. The Balaban J connectivity index is 1.61. The lowest BCUT2D eigenvalue weighted by molar-refractivity contribution is -0.179. The van der Waals surface area contributed by atoms with Crippen molar-refractivity contribution < 1.29 is 22.7 Å². The second kappa shape index (κ2) is 8.24. The van der Waals surface area contributed by atoms with Gasteiger partial charge in [-0.1, -0.05) is 0 Å². The summed E-state index contributed by atoms with van der Waals surface area (Å²) in [5.74, 6) is -0.822. The van der Waals surface area contributed by atoms with Crippen LogP contribution in [0.2, 0.25) is 0 Å². The number of hydrogen-bond acceptors (Lipinski definition) is 6. The number of piperidine rings is 1. The van der Waals surface area contributed by atoms with E-state index in [2.05, 4.69) is 5.32 Å². The minimum Gasteiger partial charge on any atom is -0.351 e. The van der Waals surface area contributed by atoms with Crippen molar-refractivity contribution in [3.63, 3.8) is 0 Å². The van der Waals surface area contributed by atoms with Gasteiger partial charge in [-0.25, -0.2) is 8.42 Å². The third-order valence-corrected chi connectivity index (χ3v) is 6.81. The van der Waals surface area contributed by atoms with Crippen molar-refractivity contribution in [2.45, 2.75) is 23.5 Å². The van der Waals surface area contributed by atoms with Crippen LogP contribution in [0.15, 0.2) is 29.2 Å². The Labute approximate surface area is 160 Å². The molecule has 0 atom stereocenters. The maximum Gasteiger partial charge on any atom is 0.251 e. The Morgan fingerprint density at radius 1 is 1.15 bits per heavy atom. The van der Waals surface area contributed by atoms with Crippen LogP contribution < -0.4 is 5.32 Å². The van der Waals surface area contributed by atoms with Crippen LogP contribution in [-0.4, -0.2) is 82.8 Å². The zero-order chi connectivity index (χ0) is 19.5. The fraction of sp³-hybridized carbons (Fsp3) is 0.611. The van der Waals surface area contributed by atoms with E-state index in [-0.39, 0.29) is 10.8 Å². The Bertz CT molecular complexity index is 748. The fourth-order valence-electron chi connectivity index (χ4n) is 3.28. The summed E-state index contributed by atoms with van der Waals surface area (Å²) in [5, 5.41) is 2.81. The number of likely N-dealkylation sites (N-methyl/N-ethyl adjacent to an activating group) is 1. The third kappa shape index (κ3) is 4.67. The number of carbonyl (C=O) groups is 1. The number of ether oxygens (including phenoxy) is 2. The Morgan fingerprint density at radius 2 is 1.74 bits per heavy atom. The lowest BCUT2D eigenvalue weighted by Gasteiger charge is -2.36. The molecule has 0 aromatic heterocycles. The average Bonchev–Trinajstić information content (AvgIpc) is 3.09. The Hall–Kier alpha value is -1.52. The van der Waals surface area contributed by atoms with Crippen molar-refractivity contribution in [1.82, 2.24) is 14.5 Å². The Morgan fingerprint density at radius 3 is 2.30 bits per heavy atom. The number of carbonyl (C=O) groups excluding carboxylic acids is 1. The average molecular weight is 397 g/mol. The van der Waals surface area contributed by atoms with Crippen LogP contribution in [0.4, 0.5) is 0 Å². The molecule has 8 nitrogen and oxygen atoms in total. The van der Waals surface area contributed by atoms with Crippen LogP contribution in [-0.2, 0) is 19.5 Å². The summed E-state index contributed by atoms with van der Waals surface area (Å²) in [6.45, 7) is 3.10. The molecule has 0 bridgehead atoms. The molecule has 2 aliphatic rings. The minimum atomic E-state index is -3.60. The van der Waals surface area contributed by atoms with Gasteiger partial charge in [-0.3, -0.25) is 4.79 Å². The third-order valence-electron chi connectivity index (χ3n) is 4.90. The molecule has 1 aromatic carbocycles. The second-order valence-corrected chi connectivity index (χ2v) is 9.03. The molecule has 0 saturated carbocycles. The van der Waals surface area contributed by atoms with Crippen LogP contribution in [0.3, 0.4) is 0 Å². The van der Waals surface area contributed by atoms with E-state index < -0.39 is 15.8 Å². The molecule has 1 aromatic rings. The van der Waals surface area contributed by atoms with Gasteiger partial charge in [-0.05, 0) is 38.4 Å². The van der Waals surface area contributed by atoms with E-state index in [1.54, 1.807) is 12.1 Å². The SMILES string of the molecule is CN(C)CCNC(=O)c1ccc(S(=O)(=O)N2CCC3(CC2)OCCO3)cc1. The second-order valence-electron chi connectivity index (χ2n) is 7.10. The van der Waals surface area contributed by atoms with E-state index in [1.807, 2.05) is 19.0 Å². The minimum absolute atomic E-state index is 0.191. The summed E-state index contributed by atoms with van der Waals surface area (Å²) >= 11 is 0. The first kappa shape index (κ1) is 20.2. The molecule has 1 spiro atoms. The van der Waals surface area contributed by atoms with Crippen molar-refractivity contribution in [3.8, 4) is 0 Å². The van der Waals surface area contributed by atoms with Gasteiger partial charge in [0.1, 0.15) is 0 Å². The topological polar surface area (TPSA) is 88.2 Å². The summed E-state index contributed by atoms with van der Waals surface area (Å²) in [6.07, 6.45) is 1.05. The predicted octanol–water partition coefficient (Wildman–Crippen LogP) is 0.506. The summed E-state index contributed by atoms with van der Waals surface area (Å²) in [6, 6.07) is 6.07. The van der Waals surface area contributed by atoms with Crippen molar-refractivity contribution in [2.75, 3.05) is 53.5 Å². The summed E-state index contributed by atoms with van der Waals surface area (Å²) < 4.78 is 38.5. The summed E-state index contributed by atoms with van der Waals surface area (Å²) in [4.78, 5) is 14.3. The van der Waals surface area contributed by atoms with Gasteiger partial charge < -0.3 is 19.7 Å². The number of amides is 1. The molecule has 0 unspecified atom stereocenters. The van der Waals surface area contributed by atoms with Gasteiger partial charge in [0, 0.05) is 44.6 Å². The van der Waals surface area contributed by atoms with Gasteiger partial charge in [-0.2, -0.15) is 4.31 Å². The zero-order valence-corrected chi connectivity index (χ0v) is 16.6. The number of benzene rings is 1. The van der Waals surface area contributed by atoms with E-state index in [0.717, 1.165) is 6.54 Å². The van der Waals surface area contributed by atoms with Gasteiger partial charge in [0.05, 0.1) is 18.1 Å². The lowest BCUT2D eigenvalue weighted by atomic mass is 10.1. The molecule has 27 heavy (non-hydrogen) atoms. The van der Waals surface area contributed by atoms with Gasteiger partial charge in [0.15, 0.2) is 5.79 Å². The van der Waals surface area contributed by atoms with E-state index in [9.17, 15) is 13.2 Å². The molecule has 0 aliphatic carbocycles. The van der Waals surface area contributed by atoms with Gasteiger partial charge in [0.2, 0.25) is 10.0 Å². The number of sulfonamides is 1. The van der Waals surface area contributed by atoms with E-state index in [1.165, 1.54) is 16.4 Å². The molecule has 2 aliphatic heterocycles. The first-order valence-corrected chi connectivity index (χ1v) is 10.6. The van der Waals surface area contributed by atoms with Crippen LogP contribution in [0, 0.1) is 0 Å². The van der Waals surface area contributed by atoms with Gasteiger partial charge in [0.25, 0.3) is 5.91 Å². The predicted molar refractivity (Wildman–Crippen MR) is 100.0 cm³/mol. The van der Waals surface area contributed by atoms with Crippen LogP contribution in [0.1, 0.15) is 23.2 Å². The number of hydrogen-bond donors (Lipinski definition) is 1. The van der Waals surface area contributed by atoms with Crippen molar-refractivity contribution in [1.29, 1.82) is 0 Å². The molecule has 2 fully saturated rings. The normalized spacial score (nSPS) is 20.3. The first-order valence-electron chi connectivity index (χ1n) is 9.13. The lowest BCUT2D eigenvalue weighted by Crippen LogP contribution is -2.47. The molecule has 1 amide bonds. The number of nitrogens with one attached hydrogen (secondary N) is 1. The van der Waals surface area contributed by atoms with Crippen LogP contribution in [0.5, 0.6) is 0 Å². The number of rotatable bonds is 6. The highest BCUT2D eigenvalue weighted by Crippen LogP contribution is 2.33. The molecule has 9 heteroatoms. The van der Waals surface area contributed by atoms with Crippen molar-refractivity contribution >= 4 is 15.9 Å². The Kier molecular flexibility index (Phi) is 6.17. The molecule has 2 heterocycles. The van der Waals surface area contributed by atoms with Crippen molar-refractivity contribution in [3.05, 3.63) is 29.8 Å². The van der Waals surface area contributed by atoms with E-state index in [0.29, 0.717) is 51.3 Å². The maximum absolute atomic E-state index is 12.9. The van der Waals surface area contributed by atoms with Crippen LogP contribution in [0.25, 0.3) is 0 Å². The monoisotopic (exact) mass is 397 g/mol. The molecule has 3 rings (SSSR count). The first-order chi connectivity index (χ1) is 12.8. The highest BCUT2D eigenvalue weighted by molar-refractivity contribution is 7.89. The largest absolute Gasteiger partial charge is 0.351 e. The van der Waals surface area contributed by atoms with Gasteiger partial charge in [-0.15, -0.1) is 0 Å². The molecule has 2 saturated heterocycles. The summed E-state index contributed by atoms with van der Waals surface area (Å²) in [7, 11) is 0.264. The highest BCUT2D eigenvalue weighted by atomic mass is 32.2. The quantitative estimate of drug-likeness (QED) is 0.752. The fourth-order valence-corrected chi connectivity index (χ4v) is 4.72. The smallest absolute Gasteiger partial charge is 0.251 e. The van der Waals surface area contributed by atoms with Gasteiger partial charge >= 0.3 is 0 Å². The maximum atomic E-state index is 12.9. The zero-order valence-electron chi connectivity index (χ0n) is 15.8. The van der Waals surface area contributed by atoms with Crippen molar-refractivity contribution in [2.24, 2.45) is 0 Å². The summed E-state index contributed by atoms with van der Waals surface area (Å²) in [5.41, 5.74) is 0.443. The van der Waals surface area contributed by atoms with E-state index in [4.69, 9.17) is 9.47 Å². The molecule has 0 radical (unpaired) electrons. The van der Waals surface area contributed by atoms with Crippen LogP contribution >= 0.6 is 0 Å². The standard InChI is InChI=1S/C18H27N3O5S/c1-20(2)12-9-19-17(22)15-3-5-16(6-4-15)27(23,24)21-10-7-18(8-11-21)25-13-14-26-18/h3-6H,7-14H2,1-2H3,(H,19,22). The van der Waals surface area contributed by atoms with E-state index >= 15 is 0 Å². The molecular weight excluding hydrogens is 370 g/mol. The molecular formula is C18H27N3O5S. The molecule has 1 N–H and O–H groups in total. The number of nitrogens with zero attached hydrogens (tertiary/aromatic N) is 2. The molecule has 150 valence electrons.